The molecule has 0 aliphatic rings. The molecule has 18 heavy (non-hydrogen) atoms. The summed E-state index contributed by atoms with van der Waals surface area (Å²) in [6.07, 6.45) is 2.80. The Morgan fingerprint density at radius 3 is 2.94 bits per heavy atom. The number of methoxy groups -OCH3 is 1. The Morgan fingerprint density at radius 2 is 2.33 bits per heavy atom. The molecule has 0 aromatic heterocycles. The summed E-state index contributed by atoms with van der Waals surface area (Å²) in [5, 5.41) is 12.1. The van der Waals surface area contributed by atoms with Gasteiger partial charge in [0, 0.05) is 20.2 Å². The van der Waals surface area contributed by atoms with Gasteiger partial charge in [-0.1, -0.05) is 24.3 Å². The van der Waals surface area contributed by atoms with E-state index in [1.807, 2.05) is 0 Å². The summed E-state index contributed by atoms with van der Waals surface area (Å²) in [7, 11) is 1.45. The van der Waals surface area contributed by atoms with Gasteiger partial charge in [0.25, 0.3) is 5.91 Å². The average molecular weight is 250 g/mol. The fraction of sp³-hybridized carbons (Fsp3) is 0.308. The number of amides is 1. The highest BCUT2D eigenvalue weighted by Crippen LogP contribution is 2.20. The largest absolute Gasteiger partial charge is 0.508 e. The zero-order valence-electron chi connectivity index (χ0n) is 10.3. The molecule has 5 heteroatoms. The monoisotopic (exact) mass is 250 g/mol. The molecule has 0 heterocycles. The van der Waals surface area contributed by atoms with Crippen LogP contribution in [0.2, 0.25) is 0 Å². The molecule has 0 radical (unpaired) electrons. The number of rotatable bonds is 6. The van der Waals surface area contributed by atoms with Crippen LogP contribution in [-0.4, -0.2) is 31.2 Å². The second-order valence-corrected chi connectivity index (χ2v) is 3.66. The third-order valence-electron chi connectivity index (χ3n) is 2.34. The Kier molecular flexibility index (Phi) is 5.90. The standard InChI is InChI=1S/C13H18N2O3/c1-18-12(10-5-4-6-11(16)9-10)13(17)15-8-3-2-7-14/h2-6,9,12,16H,7-8,14H2,1H3,(H,15,17). The van der Waals surface area contributed by atoms with Crippen LogP contribution in [0.4, 0.5) is 0 Å². The maximum Gasteiger partial charge on any atom is 0.254 e. The molecule has 4 N–H and O–H groups in total. The van der Waals surface area contributed by atoms with Crippen molar-refractivity contribution in [2.75, 3.05) is 20.2 Å². The van der Waals surface area contributed by atoms with Crippen molar-refractivity contribution in [2.24, 2.45) is 5.73 Å². The molecular weight excluding hydrogens is 232 g/mol. The van der Waals surface area contributed by atoms with Gasteiger partial charge in [-0.2, -0.15) is 0 Å². The highest BCUT2D eigenvalue weighted by atomic mass is 16.5. The van der Waals surface area contributed by atoms with Gasteiger partial charge in [-0.3, -0.25) is 4.79 Å². The second-order valence-electron chi connectivity index (χ2n) is 3.66. The zero-order valence-corrected chi connectivity index (χ0v) is 10.3. The predicted molar refractivity (Wildman–Crippen MR) is 69.1 cm³/mol. The maximum atomic E-state index is 11.9. The van der Waals surface area contributed by atoms with Crippen molar-refractivity contribution in [1.82, 2.24) is 5.32 Å². The lowest BCUT2D eigenvalue weighted by molar-refractivity contribution is -0.131. The molecular formula is C13H18N2O3. The first-order chi connectivity index (χ1) is 8.69. The first kappa shape index (κ1) is 14.2. The van der Waals surface area contributed by atoms with Gasteiger partial charge in [-0.25, -0.2) is 0 Å². The number of hydrogen-bond donors (Lipinski definition) is 3. The minimum atomic E-state index is -0.733. The van der Waals surface area contributed by atoms with E-state index < -0.39 is 6.10 Å². The molecule has 1 unspecified atom stereocenters. The number of aromatic hydroxyl groups is 1. The third kappa shape index (κ3) is 4.20. The maximum absolute atomic E-state index is 11.9. The van der Waals surface area contributed by atoms with Crippen LogP contribution < -0.4 is 11.1 Å². The van der Waals surface area contributed by atoms with Crippen LogP contribution in [0.5, 0.6) is 5.75 Å². The normalized spacial score (nSPS) is 12.6. The van der Waals surface area contributed by atoms with E-state index in [9.17, 15) is 9.90 Å². The van der Waals surface area contributed by atoms with Crippen molar-refractivity contribution < 1.29 is 14.6 Å². The van der Waals surface area contributed by atoms with E-state index in [-0.39, 0.29) is 11.7 Å². The molecule has 5 nitrogen and oxygen atoms in total. The van der Waals surface area contributed by atoms with E-state index in [2.05, 4.69) is 5.32 Å². The lowest BCUT2D eigenvalue weighted by Crippen LogP contribution is -2.30. The summed E-state index contributed by atoms with van der Waals surface area (Å²) in [5.41, 5.74) is 5.90. The van der Waals surface area contributed by atoms with E-state index in [0.717, 1.165) is 0 Å². The van der Waals surface area contributed by atoms with E-state index in [0.29, 0.717) is 18.7 Å². The fourth-order valence-electron chi connectivity index (χ4n) is 1.51. The van der Waals surface area contributed by atoms with Gasteiger partial charge in [-0.15, -0.1) is 0 Å². The number of carbonyl (C=O) groups excluding carboxylic acids is 1. The molecule has 1 atom stereocenters. The van der Waals surface area contributed by atoms with Crippen LogP contribution >= 0.6 is 0 Å². The van der Waals surface area contributed by atoms with Gasteiger partial charge in [0.2, 0.25) is 0 Å². The number of benzene rings is 1. The van der Waals surface area contributed by atoms with E-state index in [1.165, 1.54) is 19.2 Å². The van der Waals surface area contributed by atoms with Crippen LogP contribution in [0.15, 0.2) is 36.4 Å². The molecule has 98 valence electrons. The molecule has 1 amide bonds. The minimum absolute atomic E-state index is 0.102. The topological polar surface area (TPSA) is 84.6 Å². The number of nitrogens with one attached hydrogen (secondary N) is 1. The smallest absolute Gasteiger partial charge is 0.254 e. The van der Waals surface area contributed by atoms with Crippen molar-refractivity contribution in [3.8, 4) is 5.75 Å². The second kappa shape index (κ2) is 7.47. The Balaban J connectivity index is 2.65. The quantitative estimate of drug-likeness (QED) is 0.649. The summed E-state index contributed by atoms with van der Waals surface area (Å²) < 4.78 is 5.14. The highest BCUT2D eigenvalue weighted by molar-refractivity contribution is 5.82. The highest BCUT2D eigenvalue weighted by Gasteiger charge is 2.19. The Morgan fingerprint density at radius 1 is 1.56 bits per heavy atom. The van der Waals surface area contributed by atoms with E-state index in [4.69, 9.17) is 10.5 Å². The van der Waals surface area contributed by atoms with E-state index in [1.54, 1.807) is 24.3 Å². The summed E-state index contributed by atoms with van der Waals surface area (Å²) in [6, 6.07) is 6.43. The molecule has 1 aromatic carbocycles. The molecule has 1 aromatic rings. The van der Waals surface area contributed by atoms with Gasteiger partial charge in [-0.05, 0) is 17.7 Å². The molecule has 0 fully saturated rings. The number of hydrogen-bond acceptors (Lipinski definition) is 4. The molecule has 0 bridgehead atoms. The molecule has 0 saturated heterocycles. The summed E-state index contributed by atoms with van der Waals surface area (Å²) >= 11 is 0. The average Bonchev–Trinajstić information content (AvgIpc) is 2.36. The number of ether oxygens (including phenoxy) is 1. The van der Waals surface area contributed by atoms with E-state index >= 15 is 0 Å². The molecule has 0 saturated carbocycles. The molecule has 0 aliphatic heterocycles. The Labute approximate surface area is 106 Å². The molecule has 0 aliphatic carbocycles. The van der Waals surface area contributed by atoms with Gasteiger partial charge in [0.1, 0.15) is 5.75 Å². The van der Waals surface area contributed by atoms with Crippen LogP contribution in [0.3, 0.4) is 0 Å². The van der Waals surface area contributed by atoms with Crippen LogP contribution in [-0.2, 0) is 9.53 Å². The van der Waals surface area contributed by atoms with Crippen molar-refractivity contribution in [2.45, 2.75) is 6.10 Å². The molecule has 1 rings (SSSR count). The molecule has 0 spiro atoms. The van der Waals surface area contributed by atoms with Crippen molar-refractivity contribution >= 4 is 5.91 Å². The Bertz CT molecular complexity index is 418. The van der Waals surface area contributed by atoms with Gasteiger partial charge < -0.3 is 20.9 Å². The van der Waals surface area contributed by atoms with Crippen LogP contribution in [0, 0.1) is 0 Å². The predicted octanol–water partition coefficient (Wildman–Crippen LogP) is 0.711. The lowest BCUT2D eigenvalue weighted by atomic mass is 10.1. The number of nitrogens with two attached hydrogens (primary N) is 1. The van der Waals surface area contributed by atoms with Gasteiger partial charge >= 0.3 is 0 Å². The minimum Gasteiger partial charge on any atom is -0.508 e. The van der Waals surface area contributed by atoms with Gasteiger partial charge in [0.05, 0.1) is 0 Å². The number of phenols is 1. The van der Waals surface area contributed by atoms with Crippen molar-refractivity contribution in [3.05, 3.63) is 42.0 Å². The van der Waals surface area contributed by atoms with Crippen LogP contribution in [0.1, 0.15) is 11.7 Å². The van der Waals surface area contributed by atoms with Crippen molar-refractivity contribution in [1.29, 1.82) is 0 Å². The number of carbonyl (C=O) groups is 1. The summed E-state index contributed by atoms with van der Waals surface area (Å²) in [6.45, 7) is 0.838. The third-order valence-corrected chi connectivity index (χ3v) is 2.34. The fourth-order valence-corrected chi connectivity index (χ4v) is 1.51. The Hall–Kier alpha value is -1.85. The SMILES string of the molecule is COC(C(=O)NCC=CCN)c1cccc(O)c1. The summed E-state index contributed by atoms with van der Waals surface area (Å²) in [4.78, 5) is 11.9. The van der Waals surface area contributed by atoms with Gasteiger partial charge in [0.15, 0.2) is 6.10 Å². The number of phenolic OH excluding ortho intramolecular Hbond substituents is 1. The zero-order chi connectivity index (χ0) is 13.4. The first-order valence-electron chi connectivity index (χ1n) is 5.63. The first-order valence-corrected chi connectivity index (χ1v) is 5.63. The van der Waals surface area contributed by atoms with Crippen molar-refractivity contribution in [3.63, 3.8) is 0 Å². The lowest BCUT2D eigenvalue weighted by Gasteiger charge is -2.15. The summed E-state index contributed by atoms with van der Waals surface area (Å²) in [5.74, 6) is -0.157. The van der Waals surface area contributed by atoms with Crippen LogP contribution in [0.25, 0.3) is 0 Å².